The van der Waals surface area contributed by atoms with E-state index in [1.807, 2.05) is 0 Å². The maximum atomic E-state index is 12.4. The number of carbonyl (C=O) groups excluding carboxylic acids is 2. The van der Waals surface area contributed by atoms with Crippen LogP contribution in [-0.2, 0) is 0 Å². The molecule has 0 bridgehead atoms. The number of aromatic nitrogens is 2. The number of oxazole rings is 1. The van der Waals surface area contributed by atoms with E-state index < -0.39 is 0 Å². The monoisotopic (exact) mass is 356 g/mol. The highest BCUT2D eigenvalue weighted by Gasteiger charge is 2.18. The quantitative estimate of drug-likeness (QED) is 0.776. The lowest BCUT2D eigenvalue weighted by atomic mass is 10.1. The van der Waals surface area contributed by atoms with Crippen LogP contribution in [0.15, 0.2) is 41.3 Å². The minimum Gasteiger partial charge on any atom is -0.444 e. The minimum atomic E-state index is -0.290. The lowest BCUT2D eigenvalue weighted by Crippen LogP contribution is -2.21. The molecule has 0 saturated carbocycles. The molecule has 3 aromatic rings. The van der Waals surface area contributed by atoms with Crippen LogP contribution in [0.5, 0.6) is 0 Å². The number of amides is 2. The molecular weight excluding hydrogens is 340 g/mol. The number of hydrogen-bond donors (Lipinski definition) is 1. The summed E-state index contributed by atoms with van der Waals surface area (Å²) in [6, 6.07) is 6.95. The summed E-state index contributed by atoms with van der Waals surface area (Å²) in [7, 11) is 3.35. The number of benzene rings is 1. The first-order chi connectivity index (χ1) is 12.0. The van der Waals surface area contributed by atoms with Gasteiger partial charge in [-0.25, -0.2) is 9.97 Å². The van der Waals surface area contributed by atoms with Gasteiger partial charge < -0.3 is 9.32 Å². The third-order valence-electron chi connectivity index (χ3n) is 3.48. The fourth-order valence-corrected chi connectivity index (χ4v) is 3.15. The van der Waals surface area contributed by atoms with Gasteiger partial charge in [-0.1, -0.05) is 23.5 Å². The Morgan fingerprint density at radius 1 is 1.20 bits per heavy atom. The van der Waals surface area contributed by atoms with Crippen molar-refractivity contribution in [3.05, 3.63) is 53.0 Å². The average molecular weight is 356 g/mol. The van der Waals surface area contributed by atoms with Gasteiger partial charge in [0.05, 0.1) is 11.9 Å². The Bertz CT molecular complexity index is 899. The molecule has 0 aliphatic heterocycles. The van der Waals surface area contributed by atoms with Gasteiger partial charge in [0.25, 0.3) is 11.8 Å². The van der Waals surface area contributed by atoms with Crippen molar-refractivity contribution in [2.45, 2.75) is 6.92 Å². The maximum Gasteiger partial charge on any atom is 0.265 e. The standard InChI is InChI=1S/C17H16N4O3S/c1-10-14(16(23)21(2)3)25-17(19-10)20-15(22)12-6-4-11(5-7-12)13-8-18-9-24-13/h4-9H,1-3H3,(H,19,20,22). The summed E-state index contributed by atoms with van der Waals surface area (Å²) >= 11 is 1.16. The number of thiazole rings is 1. The number of nitrogens with zero attached hydrogens (tertiary/aromatic N) is 3. The van der Waals surface area contributed by atoms with Gasteiger partial charge in [0.1, 0.15) is 4.88 Å². The summed E-state index contributed by atoms with van der Waals surface area (Å²) in [5.41, 5.74) is 1.91. The van der Waals surface area contributed by atoms with Gasteiger partial charge in [-0.2, -0.15) is 0 Å². The molecule has 0 saturated heterocycles. The van der Waals surface area contributed by atoms with Crippen molar-refractivity contribution in [1.29, 1.82) is 0 Å². The maximum absolute atomic E-state index is 12.4. The minimum absolute atomic E-state index is 0.132. The number of hydrogen-bond acceptors (Lipinski definition) is 6. The highest BCUT2D eigenvalue weighted by Crippen LogP contribution is 2.24. The van der Waals surface area contributed by atoms with Gasteiger partial charge in [0.15, 0.2) is 17.3 Å². The first-order valence-corrected chi connectivity index (χ1v) is 8.26. The lowest BCUT2D eigenvalue weighted by Gasteiger charge is -2.07. The molecule has 2 amide bonds. The second-order valence-electron chi connectivity index (χ2n) is 5.53. The third kappa shape index (κ3) is 3.58. The fraction of sp³-hybridized carbons (Fsp3) is 0.176. The van der Waals surface area contributed by atoms with Crippen LogP contribution in [0, 0.1) is 6.92 Å². The average Bonchev–Trinajstić information content (AvgIpc) is 3.24. The number of carbonyl (C=O) groups is 2. The van der Waals surface area contributed by atoms with Crippen molar-refractivity contribution in [2.75, 3.05) is 19.4 Å². The lowest BCUT2D eigenvalue weighted by molar-refractivity contribution is 0.0831. The molecule has 0 unspecified atom stereocenters. The first-order valence-electron chi connectivity index (χ1n) is 7.45. The van der Waals surface area contributed by atoms with E-state index in [2.05, 4.69) is 15.3 Å². The van der Waals surface area contributed by atoms with Crippen LogP contribution in [0.4, 0.5) is 5.13 Å². The predicted molar refractivity (Wildman–Crippen MR) is 94.8 cm³/mol. The van der Waals surface area contributed by atoms with Crippen LogP contribution in [-0.4, -0.2) is 40.8 Å². The second-order valence-corrected chi connectivity index (χ2v) is 6.53. The van der Waals surface area contributed by atoms with E-state index >= 15 is 0 Å². The summed E-state index contributed by atoms with van der Waals surface area (Å²) in [5, 5.41) is 3.12. The molecule has 0 aliphatic carbocycles. The van der Waals surface area contributed by atoms with E-state index in [1.165, 1.54) is 11.3 Å². The van der Waals surface area contributed by atoms with Crippen LogP contribution in [0.1, 0.15) is 25.7 Å². The Balaban J connectivity index is 1.74. The summed E-state index contributed by atoms with van der Waals surface area (Å²) in [6.07, 6.45) is 2.96. The zero-order valence-corrected chi connectivity index (χ0v) is 14.8. The third-order valence-corrected chi connectivity index (χ3v) is 4.54. The summed E-state index contributed by atoms with van der Waals surface area (Å²) in [4.78, 5) is 34.5. The van der Waals surface area contributed by atoms with Crippen LogP contribution in [0.3, 0.4) is 0 Å². The highest BCUT2D eigenvalue weighted by molar-refractivity contribution is 7.17. The van der Waals surface area contributed by atoms with Gasteiger partial charge in [-0.15, -0.1) is 0 Å². The molecule has 128 valence electrons. The van der Waals surface area contributed by atoms with E-state index in [-0.39, 0.29) is 11.8 Å². The Labute approximate surface area is 148 Å². The van der Waals surface area contributed by atoms with Crippen LogP contribution >= 0.6 is 11.3 Å². The molecule has 0 aliphatic rings. The van der Waals surface area contributed by atoms with Gasteiger partial charge in [-0.3, -0.25) is 14.9 Å². The summed E-state index contributed by atoms with van der Waals surface area (Å²) in [6.45, 7) is 1.75. The van der Waals surface area contributed by atoms with E-state index in [1.54, 1.807) is 51.5 Å². The second kappa shape index (κ2) is 6.86. The highest BCUT2D eigenvalue weighted by atomic mass is 32.1. The Morgan fingerprint density at radius 2 is 1.92 bits per heavy atom. The molecule has 25 heavy (non-hydrogen) atoms. The molecule has 8 heteroatoms. The molecule has 0 spiro atoms. The Kier molecular flexibility index (Phi) is 4.62. The van der Waals surface area contributed by atoms with E-state index in [0.717, 1.165) is 16.9 Å². The van der Waals surface area contributed by atoms with Crippen LogP contribution in [0.2, 0.25) is 0 Å². The van der Waals surface area contributed by atoms with Crippen molar-refractivity contribution >= 4 is 28.3 Å². The molecule has 3 rings (SSSR count). The molecule has 2 heterocycles. The molecule has 1 N–H and O–H groups in total. The molecule has 7 nitrogen and oxygen atoms in total. The molecule has 1 aromatic carbocycles. The van der Waals surface area contributed by atoms with Crippen LogP contribution < -0.4 is 5.32 Å². The number of aryl methyl sites for hydroxylation is 1. The van der Waals surface area contributed by atoms with E-state index in [9.17, 15) is 9.59 Å². The summed E-state index contributed by atoms with van der Waals surface area (Å²) < 4.78 is 5.22. The molecule has 0 atom stereocenters. The van der Waals surface area contributed by atoms with Gasteiger partial charge in [0.2, 0.25) is 0 Å². The number of anilines is 1. The van der Waals surface area contributed by atoms with Crippen LogP contribution in [0.25, 0.3) is 11.3 Å². The SMILES string of the molecule is Cc1nc(NC(=O)c2ccc(-c3cnco3)cc2)sc1C(=O)N(C)C. The molecular formula is C17H16N4O3S. The molecule has 2 aromatic heterocycles. The van der Waals surface area contributed by atoms with Gasteiger partial charge in [0, 0.05) is 25.2 Å². The fourth-order valence-electron chi connectivity index (χ4n) is 2.16. The predicted octanol–water partition coefficient (Wildman–Crippen LogP) is 3.06. The summed E-state index contributed by atoms with van der Waals surface area (Å²) in [5.74, 6) is 0.211. The smallest absolute Gasteiger partial charge is 0.265 e. The van der Waals surface area contributed by atoms with Gasteiger partial charge in [-0.05, 0) is 19.1 Å². The van der Waals surface area contributed by atoms with Crippen molar-refractivity contribution < 1.29 is 14.0 Å². The number of nitrogens with one attached hydrogen (secondary N) is 1. The van der Waals surface area contributed by atoms with Gasteiger partial charge >= 0.3 is 0 Å². The van der Waals surface area contributed by atoms with Crippen molar-refractivity contribution in [2.24, 2.45) is 0 Å². The number of rotatable bonds is 4. The zero-order chi connectivity index (χ0) is 18.0. The van der Waals surface area contributed by atoms with Crippen molar-refractivity contribution in [1.82, 2.24) is 14.9 Å². The Hall–Kier alpha value is -3.00. The zero-order valence-electron chi connectivity index (χ0n) is 13.9. The first kappa shape index (κ1) is 16.8. The molecule has 0 fully saturated rings. The topological polar surface area (TPSA) is 88.3 Å². The van der Waals surface area contributed by atoms with Crippen molar-refractivity contribution in [3.8, 4) is 11.3 Å². The van der Waals surface area contributed by atoms with Crippen molar-refractivity contribution in [3.63, 3.8) is 0 Å². The normalized spacial score (nSPS) is 10.5. The molecule has 0 radical (unpaired) electrons. The Morgan fingerprint density at radius 3 is 2.52 bits per heavy atom. The largest absolute Gasteiger partial charge is 0.444 e. The van der Waals surface area contributed by atoms with E-state index in [4.69, 9.17) is 4.42 Å². The van der Waals surface area contributed by atoms with E-state index in [0.29, 0.717) is 27.0 Å².